The predicted octanol–water partition coefficient (Wildman–Crippen LogP) is 4.85. The summed E-state index contributed by atoms with van der Waals surface area (Å²) in [4.78, 5) is 27.1. The number of rotatable bonds is 6. The summed E-state index contributed by atoms with van der Waals surface area (Å²) < 4.78 is 13.9. The van der Waals surface area contributed by atoms with Gasteiger partial charge in [-0.25, -0.2) is 14.2 Å². The lowest BCUT2D eigenvalue weighted by molar-refractivity contribution is 0.237. The fourth-order valence-corrected chi connectivity index (χ4v) is 5.56. The maximum Gasteiger partial charge on any atom is 0.323 e. The van der Waals surface area contributed by atoms with Gasteiger partial charge in [-0.3, -0.25) is 4.90 Å². The summed E-state index contributed by atoms with van der Waals surface area (Å²) in [6, 6.07) is 4.85. The number of nitrogens with one attached hydrogen (secondary N) is 2. The first kappa shape index (κ1) is 23.0. The van der Waals surface area contributed by atoms with Gasteiger partial charge in [0.2, 0.25) is 5.95 Å². The van der Waals surface area contributed by atoms with Gasteiger partial charge in [0.1, 0.15) is 11.6 Å². The molecule has 34 heavy (non-hydrogen) atoms. The SMILES string of the molecule is Cc1cc(F)ccc1-c1nc(NCCN2CCCCC2)nc2c1CNC(=O)N2C1CCCCC1. The molecular formula is C26H35FN6O. The molecule has 0 atom stereocenters. The van der Waals surface area contributed by atoms with Crippen LogP contribution >= 0.6 is 0 Å². The number of fused-ring (bicyclic) bond motifs is 1. The molecule has 182 valence electrons. The minimum absolute atomic E-state index is 0.0841. The van der Waals surface area contributed by atoms with E-state index in [4.69, 9.17) is 9.97 Å². The van der Waals surface area contributed by atoms with E-state index in [9.17, 15) is 9.18 Å². The van der Waals surface area contributed by atoms with Crippen LogP contribution in [0.5, 0.6) is 0 Å². The monoisotopic (exact) mass is 466 g/mol. The molecule has 1 aromatic carbocycles. The van der Waals surface area contributed by atoms with Crippen molar-refractivity contribution >= 4 is 17.8 Å². The maximum atomic E-state index is 13.9. The van der Waals surface area contributed by atoms with Crippen molar-refractivity contribution in [2.24, 2.45) is 0 Å². The summed E-state index contributed by atoms with van der Waals surface area (Å²) >= 11 is 0. The molecule has 8 heteroatoms. The quantitative estimate of drug-likeness (QED) is 0.637. The number of aromatic nitrogens is 2. The molecule has 5 rings (SSSR count). The van der Waals surface area contributed by atoms with Gasteiger partial charge in [0.25, 0.3) is 0 Å². The van der Waals surface area contributed by atoms with E-state index in [0.717, 1.165) is 74.2 Å². The Hall–Kier alpha value is -2.74. The standard InChI is InChI=1S/C26H35FN6O/c1-18-16-19(27)10-11-21(18)23-22-17-29-26(34)33(20-8-4-2-5-9-20)24(22)31-25(30-23)28-12-15-32-13-6-3-7-14-32/h10-11,16,20H,2-9,12-15,17H2,1H3,(H,29,34)(H,28,30,31). The zero-order valence-electron chi connectivity index (χ0n) is 20.1. The second-order valence-electron chi connectivity index (χ2n) is 9.81. The first-order valence-corrected chi connectivity index (χ1v) is 12.8. The summed E-state index contributed by atoms with van der Waals surface area (Å²) in [7, 11) is 0. The number of hydrogen-bond donors (Lipinski definition) is 2. The van der Waals surface area contributed by atoms with Crippen LogP contribution in [0, 0.1) is 12.7 Å². The third-order valence-electron chi connectivity index (χ3n) is 7.39. The van der Waals surface area contributed by atoms with Crippen molar-refractivity contribution in [3.8, 4) is 11.3 Å². The van der Waals surface area contributed by atoms with E-state index >= 15 is 0 Å². The van der Waals surface area contributed by atoms with Crippen molar-refractivity contribution in [3.63, 3.8) is 0 Å². The fourth-order valence-electron chi connectivity index (χ4n) is 5.56. The average Bonchev–Trinajstić information content (AvgIpc) is 2.85. The van der Waals surface area contributed by atoms with Crippen LogP contribution in [0.25, 0.3) is 11.3 Å². The summed E-state index contributed by atoms with van der Waals surface area (Å²) in [5.74, 6) is 0.969. The van der Waals surface area contributed by atoms with E-state index in [1.54, 1.807) is 6.07 Å². The topological polar surface area (TPSA) is 73.4 Å². The highest BCUT2D eigenvalue weighted by atomic mass is 19.1. The van der Waals surface area contributed by atoms with Gasteiger partial charge in [0.05, 0.1) is 12.2 Å². The number of nitrogens with zero attached hydrogens (tertiary/aromatic N) is 4. The van der Waals surface area contributed by atoms with Crippen molar-refractivity contribution in [3.05, 3.63) is 35.1 Å². The summed E-state index contributed by atoms with van der Waals surface area (Å²) in [6.45, 7) is 6.24. The van der Waals surface area contributed by atoms with Gasteiger partial charge in [-0.15, -0.1) is 0 Å². The number of carbonyl (C=O) groups excluding carboxylic acids is 1. The Morgan fingerprint density at radius 2 is 1.85 bits per heavy atom. The van der Waals surface area contributed by atoms with Crippen LogP contribution in [0.4, 0.5) is 21.0 Å². The molecule has 2 amide bonds. The van der Waals surface area contributed by atoms with Crippen LogP contribution in [0.15, 0.2) is 18.2 Å². The van der Waals surface area contributed by atoms with Crippen LogP contribution in [0.2, 0.25) is 0 Å². The van der Waals surface area contributed by atoms with Gasteiger partial charge >= 0.3 is 6.03 Å². The van der Waals surface area contributed by atoms with E-state index < -0.39 is 0 Å². The molecule has 0 unspecified atom stereocenters. The van der Waals surface area contributed by atoms with Crippen molar-refractivity contribution in [1.29, 1.82) is 0 Å². The Kier molecular flexibility index (Phi) is 6.94. The largest absolute Gasteiger partial charge is 0.353 e. The van der Waals surface area contributed by atoms with Gasteiger partial charge in [0, 0.05) is 30.3 Å². The normalized spacial score (nSPS) is 19.6. The molecule has 0 radical (unpaired) electrons. The number of anilines is 2. The van der Waals surface area contributed by atoms with E-state index in [2.05, 4.69) is 15.5 Å². The van der Waals surface area contributed by atoms with Gasteiger partial charge in [-0.05, 0) is 69.5 Å². The number of halogens is 1. The Bertz CT molecular complexity index is 1030. The number of piperidine rings is 1. The zero-order chi connectivity index (χ0) is 23.5. The third kappa shape index (κ3) is 4.87. The van der Waals surface area contributed by atoms with E-state index in [1.807, 2.05) is 11.8 Å². The molecule has 2 N–H and O–H groups in total. The molecule has 3 heterocycles. The molecule has 0 bridgehead atoms. The molecule has 1 aliphatic carbocycles. The highest BCUT2D eigenvalue weighted by Gasteiger charge is 2.35. The van der Waals surface area contributed by atoms with Crippen molar-refractivity contribution < 1.29 is 9.18 Å². The maximum absolute atomic E-state index is 13.9. The summed E-state index contributed by atoms with van der Waals surface area (Å²) in [5, 5.41) is 6.46. The first-order valence-electron chi connectivity index (χ1n) is 12.8. The molecule has 1 saturated heterocycles. The van der Waals surface area contributed by atoms with Crippen molar-refractivity contribution in [2.75, 3.05) is 36.4 Å². The van der Waals surface area contributed by atoms with Gasteiger partial charge in [0.15, 0.2) is 0 Å². The Labute approximate surface area is 201 Å². The molecule has 0 spiro atoms. The number of amides is 2. The smallest absolute Gasteiger partial charge is 0.323 e. The summed E-state index contributed by atoms with van der Waals surface area (Å²) in [5.41, 5.74) is 3.37. The second kappa shape index (κ2) is 10.3. The van der Waals surface area contributed by atoms with E-state index in [-0.39, 0.29) is 17.9 Å². The van der Waals surface area contributed by atoms with Crippen LogP contribution < -0.4 is 15.5 Å². The minimum atomic E-state index is -0.263. The molecule has 3 aliphatic rings. The van der Waals surface area contributed by atoms with Crippen molar-refractivity contribution in [1.82, 2.24) is 20.2 Å². The number of likely N-dealkylation sites (tertiary alicyclic amines) is 1. The van der Waals surface area contributed by atoms with Gasteiger partial charge < -0.3 is 15.5 Å². The Morgan fingerprint density at radius 3 is 2.62 bits per heavy atom. The molecule has 1 saturated carbocycles. The second-order valence-corrected chi connectivity index (χ2v) is 9.81. The van der Waals surface area contributed by atoms with Gasteiger partial charge in [-0.1, -0.05) is 25.7 Å². The van der Waals surface area contributed by atoms with E-state index in [0.29, 0.717) is 18.3 Å². The molecule has 1 aromatic heterocycles. The molecular weight excluding hydrogens is 431 g/mol. The minimum Gasteiger partial charge on any atom is -0.353 e. The summed E-state index contributed by atoms with van der Waals surface area (Å²) in [6.07, 6.45) is 9.27. The van der Waals surface area contributed by atoms with Gasteiger partial charge in [-0.2, -0.15) is 4.98 Å². The number of aryl methyl sites for hydroxylation is 1. The van der Waals surface area contributed by atoms with Crippen molar-refractivity contribution in [2.45, 2.75) is 70.9 Å². The lowest BCUT2D eigenvalue weighted by Crippen LogP contribution is -2.51. The van der Waals surface area contributed by atoms with Crippen LogP contribution in [0.1, 0.15) is 62.5 Å². The lowest BCUT2D eigenvalue weighted by Gasteiger charge is -2.38. The van der Waals surface area contributed by atoms with E-state index in [1.165, 1.54) is 37.8 Å². The molecule has 2 aliphatic heterocycles. The number of urea groups is 1. The number of hydrogen-bond acceptors (Lipinski definition) is 5. The zero-order valence-corrected chi connectivity index (χ0v) is 20.1. The highest BCUT2D eigenvalue weighted by Crippen LogP contribution is 2.37. The molecule has 7 nitrogen and oxygen atoms in total. The Balaban J connectivity index is 1.50. The van der Waals surface area contributed by atoms with Crippen LogP contribution in [0.3, 0.4) is 0 Å². The lowest BCUT2D eigenvalue weighted by atomic mass is 9.93. The Morgan fingerprint density at radius 1 is 1.09 bits per heavy atom. The molecule has 2 aromatic rings. The van der Waals surface area contributed by atoms with Crippen LogP contribution in [-0.4, -0.2) is 53.1 Å². The first-order chi connectivity index (χ1) is 16.6. The highest BCUT2D eigenvalue weighted by molar-refractivity contribution is 5.96. The molecule has 2 fully saturated rings. The number of benzene rings is 1. The predicted molar refractivity (Wildman–Crippen MR) is 133 cm³/mol. The average molecular weight is 467 g/mol. The fraction of sp³-hybridized carbons (Fsp3) is 0.577. The number of carbonyl (C=O) groups is 1. The third-order valence-corrected chi connectivity index (χ3v) is 7.39. The van der Waals surface area contributed by atoms with Crippen LogP contribution in [-0.2, 0) is 6.54 Å².